The van der Waals surface area contributed by atoms with Gasteiger partial charge in [-0.3, -0.25) is 0 Å². The number of benzene rings is 3. The number of hydrogen-bond acceptors (Lipinski definition) is 3. The lowest BCUT2D eigenvalue weighted by Crippen LogP contribution is -2.22. The number of rotatable bonds is 7. The van der Waals surface area contributed by atoms with Crippen LogP contribution in [0.4, 0.5) is 0 Å². The smallest absolute Gasteiger partial charge is 0.161 e. The molecule has 0 atom stereocenters. The number of nitrogens with one attached hydrogen (secondary N) is 1. The van der Waals surface area contributed by atoms with E-state index in [-0.39, 0.29) is 6.61 Å². The van der Waals surface area contributed by atoms with Crippen LogP contribution in [0, 0.1) is 6.92 Å². The second-order valence-electron chi connectivity index (χ2n) is 6.46. The Morgan fingerprint density at radius 3 is 2.38 bits per heavy atom. The summed E-state index contributed by atoms with van der Waals surface area (Å²) in [6, 6.07) is 19.2. The van der Waals surface area contributed by atoms with Gasteiger partial charge < -0.3 is 14.8 Å². The van der Waals surface area contributed by atoms with Crippen molar-refractivity contribution in [3.63, 3.8) is 0 Å². The van der Waals surface area contributed by atoms with E-state index in [0.717, 1.165) is 11.1 Å². The van der Waals surface area contributed by atoms with Crippen LogP contribution in [-0.2, 0) is 13.2 Å². The Kier molecular flexibility index (Phi) is 7.37. The zero-order valence-corrected chi connectivity index (χ0v) is 18.5. The van der Waals surface area contributed by atoms with Crippen LogP contribution < -0.4 is 14.8 Å². The SMILES string of the molecule is COc1cc(C(=S)NCc2ccccc2C)ccc1OCc1c(Cl)cccc1Cl. The predicted molar refractivity (Wildman–Crippen MR) is 124 cm³/mol. The van der Waals surface area contributed by atoms with Crippen molar-refractivity contribution in [2.45, 2.75) is 20.1 Å². The van der Waals surface area contributed by atoms with Gasteiger partial charge >= 0.3 is 0 Å². The molecule has 0 aliphatic rings. The largest absolute Gasteiger partial charge is 0.493 e. The predicted octanol–water partition coefficient (Wildman–Crippen LogP) is 6.35. The third-order valence-electron chi connectivity index (χ3n) is 4.56. The van der Waals surface area contributed by atoms with Crippen molar-refractivity contribution < 1.29 is 9.47 Å². The molecule has 0 aliphatic carbocycles. The molecule has 6 heteroatoms. The summed E-state index contributed by atoms with van der Waals surface area (Å²) in [5.74, 6) is 1.18. The van der Waals surface area contributed by atoms with Crippen LogP contribution in [0.3, 0.4) is 0 Å². The summed E-state index contributed by atoms with van der Waals surface area (Å²) in [5, 5.41) is 4.43. The highest BCUT2D eigenvalue weighted by atomic mass is 35.5. The zero-order valence-electron chi connectivity index (χ0n) is 16.2. The van der Waals surface area contributed by atoms with E-state index in [2.05, 4.69) is 24.4 Å². The van der Waals surface area contributed by atoms with Crippen molar-refractivity contribution in [2.24, 2.45) is 0 Å². The maximum absolute atomic E-state index is 6.21. The zero-order chi connectivity index (χ0) is 20.8. The Morgan fingerprint density at radius 1 is 0.966 bits per heavy atom. The first kappa shape index (κ1) is 21.4. The van der Waals surface area contributed by atoms with E-state index in [0.29, 0.717) is 33.1 Å². The molecule has 3 rings (SSSR count). The summed E-state index contributed by atoms with van der Waals surface area (Å²) in [7, 11) is 1.60. The quantitative estimate of drug-likeness (QED) is 0.428. The molecule has 0 radical (unpaired) electrons. The van der Waals surface area contributed by atoms with E-state index in [1.807, 2.05) is 30.3 Å². The van der Waals surface area contributed by atoms with Gasteiger partial charge in [0.2, 0.25) is 0 Å². The fourth-order valence-electron chi connectivity index (χ4n) is 2.83. The molecule has 29 heavy (non-hydrogen) atoms. The highest BCUT2D eigenvalue weighted by molar-refractivity contribution is 7.80. The van der Waals surface area contributed by atoms with Gasteiger partial charge in [0.15, 0.2) is 11.5 Å². The minimum absolute atomic E-state index is 0.240. The summed E-state index contributed by atoms with van der Waals surface area (Å²) < 4.78 is 11.4. The molecule has 3 aromatic carbocycles. The van der Waals surface area contributed by atoms with Crippen LogP contribution in [0.2, 0.25) is 10.0 Å². The van der Waals surface area contributed by atoms with Gasteiger partial charge in [0, 0.05) is 27.7 Å². The van der Waals surface area contributed by atoms with Crippen molar-refractivity contribution in [2.75, 3.05) is 7.11 Å². The molecule has 0 saturated carbocycles. The van der Waals surface area contributed by atoms with Crippen LogP contribution >= 0.6 is 35.4 Å². The normalized spacial score (nSPS) is 10.5. The van der Waals surface area contributed by atoms with E-state index >= 15 is 0 Å². The standard InChI is InChI=1S/C23H21Cl2NO2S/c1-15-6-3-4-7-17(15)13-26-23(29)16-10-11-21(22(12-16)27-2)28-14-18-19(24)8-5-9-20(18)25/h3-12H,13-14H2,1-2H3,(H,26,29). The van der Waals surface area contributed by atoms with Gasteiger partial charge in [0.25, 0.3) is 0 Å². The third-order valence-corrected chi connectivity index (χ3v) is 5.65. The number of thiocarbonyl (C=S) groups is 1. The Labute approximate surface area is 186 Å². The molecule has 1 N–H and O–H groups in total. The van der Waals surface area contributed by atoms with Gasteiger partial charge in [-0.1, -0.05) is 65.8 Å². The summed E-state index contributed by atoms with van der Waals surface area (Å²) in [5.41, 5.74) is 4.02. The first-order valence-corrected chi connectivity index (χ1v) is 10.2. The van der Waals surface area contributed by atoms with Crippen LogP contribution in [-0.4, -0.2) is 12.1 Å². The molecule has 0 bridgehead atoms. The Morgan fingerprint density at radius 2 is 1.69 bits per heavy atom. The summed E-state index contributed by atoms with van der Waals surface area (Å²) in [6.07, 6.45) is 0. The maximum Gasteiger partial charge on any atom is 0.161 e. The van der Waals surface area contributed by atoms with E-state index in [1.165, 1.54) is 11.1 Å². The lowest BCUT2D eigenvalue weighted by molar-refractivity contribution is 0.284. The van der Waals surface area contributed by atoms with Crippen LogP contribution in [0.5, 0.6) is 11.5 Å². The van der Waals surface area contributed by atoms with Gasteiger partial charge in [-0.15, -0.1) is 0 Å². The van der Waals surface area contributed by atoms with Gasteiger partial charge in [-0.05, 0) is 48.4 Å². The molecule has 0 aromatic heterocycles. The molecule has 0 unspecified atom stereocenters. The molecule has 3 aromatic rings. The number of hydrogen-bond donors (Lipinski definition) is 1. The van der Waals surface area contributed by atoms with Crippen molar-refractivity contribution in [1.29, 1.82) is 0 Å². The summed E-state index contributed by atoms with van der Waals surface area (Å²) >= 11 is 18.0. The number of methoxy groups -OCH3 is 1. The van der Waals surface area contributed by atoms with Gasteiger partial charge in [-0.25, -0.2) is 0 Å². The first-order chi connectivity index (χ1) is 14.0. The Bertz CT molecular complexity index is 1000. The number of ether oxygens (including phenoxy) is 2. The molecule has 150 valence electrons. The number of halogens is 2. The summed E-state index contributed by atoms with van der Waals surface area (Å²) in [4.78, 5) is 0.646. The van der Waals surface area contributed by atoms with Crippen LogP contribution in [0.15, 0.2) is 60.7 Å². The van der Waals surface area contributed by atoms with Crippen LogP contribution in [0.1, 0.15) is 22.3 Å². The third kappa shape index (κ3) is 5.41. The second kappa shape index (κ2) is 9.97. The van der Waals surface area contributed by atoms with Gasteiger partial charge in [0.1, 0.15) is 11.6 Å². The van der Waals surface area contributed by atoms with Crippen molar-refractivity contribution in [3.05, 3.63) is 93.0 Å². The van der Waals surface area contributed by atoms with Gasteiger partial charge in [-0.2, -0.15) is 0 Å². The van der Waals surface area contributed by atoms with Crippen molar-refractivity contribution in [1.82, 2.24) is 5.32 Å². The fourth-order valence-corrected chi connectivity index (χ4v) is 3.54. The lowest BCUT2D eigenvalue weighted by atomic mass is 10.1. The molecule has 0 saturated heterocycles. The molecular weight excluding hydrogens is 425 g/mol. The minimum atomic E-state index is 0.240. The summed E-state index contributed by atoms with van der Waals surface area (Å²) in [6.45, 7) is 2.99. The molecular formula is C23H21Cl2NO2S. The fraction of sp³-hybridized carbons (Fsp3) is 0.174. The van der Waals surface area contributed by atoms with Crippen molar-refractivity contribution >= 4 is 40.4 Å². The second-order valence-corrected chi connectivity index (χ2v) is 7.69. The average Bonchev–Trinajstić information content (AvgIpc) is 2.72. The van der Waals surface area contributed by atoms with Gasteiger partial charge in [0.05, 0.1) is 7.11 Å². The monoisotopic (exact) mass is 445 g/mol. The van der Waals surface area contributed by atoms with E-state index in [9.17, 15) is 0 Å². The lowest BCUT2D eigenvalue weighted by Gasteiger charge is -2.15. The molecule has 0 amide bonds. The van der Waals surface area contributed by atoms with E-state index in [1.54, 1.807) is 25.3 Å². The highest BCUT2D eigenvalue weighted by Gasteiger charge is 2.12. The molecule has 0 spiro atoms. The topological polar surface area (TPSA) is 30.5 Å². The molecule has 0 aliphatic heterocycles. The molecule has 0 fully saturated rings. The first-order valence-electron chi connectivity index (χ1n) is 9.06. The van der Waals surface area contributed by atoms with E-state index in [4.69, 9.17) is 44.9 Å². The number of aryl methyl sites for hydroxylation is 1. The van der Waals surface area contributed by atoms with Crippen LogP contribution in [0.25, 0.3) is 0 Å². The molecule has 3 nitrogen and oxygen atoms in total. The molecule has 0 heterocycles. The van der Waals surface area contributed by atoms with Crippen molar-refractivity contribution in [3.8, 4) is 11.5 Å². The minimum Gasteiger partial charge on any atom is -0.493 e. The average molecular weight is 446 g/mol. The van der Waals surface area contributed by atoms with E-state index < -0.39 is 0 Å². The Balaban J connectivity index is 1.69. The maximum atomic E-state index is 6.21. The highest BCUT2D eigenvalue weighted by Crippen LogP contribution is 2.31. The Hall–Kier alpha value is -2.27.